The van der Waals surface area contributed by atoms with Gasteiger partial charge in [-0.25, -0.2) is 14.6 Å². The Hall–Kier alpha value is -3.82. The largest absolute Gasteiger partial charge is 0.444 e. The molecular formula is C37H49IN6O5S. The van der Waals surface area contributed by atoms with Crippen LogP contribution in [-0.2, 0) is 29.0 Å². The number of rotatable bonds is 19. The predicted molar refractivity (Wildman–Crippen MR) is 207 cm³/mol. The highest BCUT2D eigenvalue weighted by molar-refractivity contribution is 14.1. The molecule has 2 aromatic carbocycles. The SMILES string of the molecule is C/C=C(/CN(C)C(=O)NC(CCO)C(=O)NC(CCC(Cc1ccccc1)NC(=O)OCc1cncs1)Cc1ccccc1)N=C(I)C(C)C. The topological polar surface area (TPSA) is 145 Å². The number of halogens is 1. The summed E-state index contributed by atoms with van der Waals surface area (Å²) in [7, 11) is 1.64. The van der Waals surface area contributed by atoms with E-state index in [1.54, 1.807) is 18.8 Å². The molecule has 11 nitrogen and oxygen atoms in total. The van der Waals surface area contributed by atoms with Crippen molar-refractivity contribution in [2.75, 3.05) is 20.2 Å². The van der Waals surface area contributed by atoms with Gasteiger partial charge in [-0.2, -0.15) is 0 Å². The van der Waals surface area contributed by atoms with Crippen LogP contribution in [0.1, 0.15) is 56.0 Å². The van der Waals surface area contributed by atoms with Crippen LogP contribution >= 0.6 is 33.9 Å². The first-order chi connectivity index (χ1) is 24.1. The van der Waals surface area contributed by atoms with Crippen LogP contribution in [0, 0.1) is 5.92 Å². The predicted octanol–water partition coefficient (Wildman–Crippen LogP) is 6.27. The second-order valence-corrected chi connectivity index (χ2v) is 14.4. The number of aliphatic hydroxyl groups excluding tert-OH is 1. The van der Waals surface area contributed by atoms with E-state index >= 15 is 0 Å². The van der Waals surface area contributed by atoms with E-state index < -0.39 is 24.1 Å². The number of allylic oxidation sites excluding steroid dienone is 1. The Bertz CT molecular complexity index is 1520. The Kier molecular flexibility index (Phi) is 17.9. The maximum absolute atomic E-state index is 13.7. The molecule has 3 rings (SSSR count). The summed E-state index contributed by atoms with van der Waals surface area (Å²) in [6.45, 7) is 6.09. The molecule has 3 unspecified atom stereocenters. The molecule has 0 bridgehead atoms. The van der Waals surface area contributed by atoms with Gasteiger partial charge in [0.1, 0.15) is 12.6 Å². The summed E-state index contributed by atoms with van der Waals surface area (Å²) >= 11 is 3.62. The standard InChI is InChI=1S/C37H49IN6O5S/c1-5-29(40-34(38)26(2)3)23-44(4)36(47)43-33(18-19-45)35(46)41-30(20-27-12-8-6-9-13-27)16-17-31(21-28-14-10-7-11-15-28)42-37(48)49-24-32-22-39-25-50-32/h5-15,22,25-26,30-31,33,45H,16-21,23-24H2,1-4H3,(H,41,46)(H,42,48)(H,43,47)/b29-5-,40-34?. The number of carbonyl (C=O) groups is 3. The first-order valence-electron chi connectivity index (χ1n) is 16.8. The third-order valence-electron chi connectivity index (χ3n) is 7.85. The summed E-state index contributed by atoms with van der Waals surface area (Å²) in [5.74, 6) is -0.129. The summed E-state index contributed by atoms with van der Waals surface area (Å²) in [4.78, 5) is 50.8. The molecule has 13 heteroatoms. The quantitative estimate of drug-likeness (QED) is 0.0830. The molecule has 1 aromatic heterocycles. The molecule has 0 saturated carbocycles. The highest BCUT2D eigenvalue weighted by Crippen LogP contribution is 2.15. The summed E-state index contributed by atoms with van der Waals surface area (Å²) < 4.78 is 6.40. The van der Waals surface area contributed by atoms with Crippen molar-refractivity contribution in [1.29, 1.82) is 0 Å². The van der Waals surface area contributed by atoms with E-state index in [4.69, 9.17) is 4.74 Å². The third-order valence-corrected chi connectivity index (χ3v) is 10.1. The van der Waals surface area contributed by atoms with Crippen molar-refractivity contribution in [2.24, 2.45) is 10.9 Å². The van der Waals surface area contributed by atoms with Gasteiger partial charge in [-0.1, -0.05) is 80.6 Å². The zero-order valence-corrected chi connectivity index (χ0v) is 32.2. The Morgan fingerprint density at radius 3 is 2.08 bits per heavy atom. The van der Waals surface area contributed by atoms with Gasteiger partial charge in [0, 0.05) is 37.9 Å². The molecule has 0 radical (unpaired) electrons. The number of nitrogens with zero attached hydrogens (tertiary/aromatic N) is 3. The molecule has 0 spiro atoms. The number of urea groups is 1. The number of benzene rings is 2. The fraction of sp³-hybridized carbons (Fsp3) is 0.432. The number of aromatic nitrogens is 1. The average molecular weight is 817 g/mol. The highest BCUT2D eigenvalue weighted by Gasteiger charge is 2.26. The van der Waals surface area contributed by atoms with Crippen molar-refractivity contribution in [3.63, 3.8) is 0 Å². The Balaban J connectivity index is 1.71. The van der Waals surface area contributed by atoms with Crippen LogP contribution in [0.3, 0.4) is 0 Å². The number of amides is 4. The van der Waals surface area contributed by atoms with Gasteiger partial charge in [-0.3, -0.25) is 9.78 Å². The van der Waals surface area contributed by atoms with Crippen molar-refractivity contribution in [2.45, 2.75) is 77.6 Å². The number of ether oxygens (including phenoxy) is 1. The average Bonchev–Trinajstić information content (AvgIpc) is 3.63. The number of hydrogen-bond donors (Lipinski definition) is 4. The first kappa shape index (κ1) is 40.6. The zero-order chi connectivity index (χ0) is 36.3. The van der Waals surface area contributed by atoms with Gasteiger partial charge in [0.2, 0.25) is 5.91 Å². The molecule has 50 heavy (non-hydrogen) atoms. The van der Waals surface area contributed by atoms with Crippen LogP contribution < -0.4 is 16.0 Å². The van der Waals surface area contributed by atoms with Gasteiger partial charge < -0.3 is 30.7 Å². The van der Waals surface area contributed by atoms with Gasteiger partial charge in [-0.05, 0) is 72.7 Å². The van der Waals surface area contributed by atoms with Gasteiger partial charge >= 0.3 is 12.1 Å². The Morgan fingerprint density at radius 2 is 1.56 bits per heavy atom. The number of likely N-dealkylation sites (N-methyl/N-ethyl adjacent to an activating group) is 1. The minimum Gasteiger partial charge on any atom is -0.444 e. The Labute approximate surface area is 313 Å². The number of aliphatic imine (C=N–C) groups is 1. The molecule has 3 aromatic rings. The van der Waals surface area contributed by atoms with E-state index in [1.165, 1.54) is 16.2 Å². The summed E-state index contributed by atoms with van der Waals surface area (Å²) in [5.41, 5.74) is 4.52. The van der Waals surface area contributed by atoms with Crippen molar-refractivity contribution in [1.82, 2.24) is 25.8 Å². The summed E-state index contributed by atoms with van der Waals surface area (Å²) in [5, 5.41) is 18.8. The molecule has 0 aliphatic carbocycles. The van der Waals surface area contributed by atoms with Crippen molar-refractivity contribution < 1.29 is 24.2 Å². The lowest BCUT2D eigenvalue weighted by Crippen LogP contribution is -2.53. The second kappa shape index (κ2) is 22.1. The molecule has 0 aliphatic heterocycles. The monoisotopic (exact) mass is 816 g/mol. The smallest absolute Gasteiger partial charge is 0.407 e. The van der Waals surface area contributed by atoms with Gasteiger partial charge in [0.25, 0.3) is 0 Å². The fourth-order valence-corrected chi connectivity index (χ4v) is 5.86. The van der Waals surface area contributed by atoms with Gasteiger partial charge in [-0.15, -0.1) is 11.3 Å². The molecule has 1 heterocycles. The molecule has 0 saturated heterocycles. The molecule has 0 fully saturated rings. The number of nitrogens with one attached hydrogen (secondary N) is 3. The lowest BCUT2D eigenvalue weighted by molar-refractivity contribution is -0.124. The lowest BCUT2D eigenvalue weighted by atomic mass is 9.95. The molecular weight excluding hydrogens is 767 g/mol. The van der Waals surface area contributed by atoms with E-state index in [0.717, 1.165) is 25.4 Å². The summed E-state index contributed by atoms with van der Waals surface area (Å²) in [6.07, 6.45) is 5.25. The third kappa shape index (κ3) is 15.0. The fourth-order valence-electron chi connectivity index (χ4n) is 5.04. The summed E-state index contributed by atoms with van der Waals surface area (Å²) in [6, 6.07) is 17.7. The van der Waals surface area contributed by atoms with E-state index in [9.17, 15) is 19.5 Å². The number of carbonyl (C=O) groups excluding carboxylic acids is 3. The van der Waals surface area contributed by atoms with Gasteiger partial charge in [0.15, 0.2) is 0 Å². The number of hydrogen-bond acceptors (Lipinski definition) is 8. The molecule has 0 aliphatic rings. The molecule has 270 valence electrons. The van der Waals surface area contributed by atoms with Crippen LogP contribution in [0.2, 0.25) is 0 Å². The van der Waals surface area contributed by atoms with Crippen molar-refractivity contribution >= 4 is 55.7 Å². The minimum atomic E-state index is -0.957. The van der Waals surface area contributed by atoms with Crippen molar-refractivity contribution in [3.8, 4) is 0 Å². The first-order valence-corrected chi connectivity index (χ1v) is 18.7. The van der Waals surface area contributed by atoms with Crippen LogP contribution in [0.5, 0.6) is 0 Å². The van der Waals surface area contributed by atoms with Crippen LogP contribution in [0.25, 0.3) is 0 Å². The van der Waals surface area contributed by atoms with Crippen LogP contribution in [0.15, 0.2) is 89.1 Å². The van der Waals surface area contributed by atoms with Crippen LogP contribution in [0.4, 0.5) is 9.59 Å². The van der Waals surface area contributed by atoms with E-state index in [2.05, 4.69) is 62.4 Å². The maximum Gasteiger partial charge on any atom is 0.407 e. The van der Waals surface area contributed by atoms with E-state index in [1.807, 2.05) is 73.7 Å². The van der Waals surface area contributed by atoms with Crippen LogP contribution in [-0.4, -0.2) is 75.1 Å². The number of aliphatic hydroxyl groups is 1. The molecule has 3 atom stereocenters. The Morgan fingerprint density at radius 1 is 0.960 bits per heavy atom. The zero-order valence-electron chi connectivity index (χ0n) is 29.2. The second-order valence-electron chi connectivity index (χ2n) is 12.3. The van der Waals surface area contributed by atoms with Gasteiger partial charge in [0.05, 0.1) is 26.3 Å². The maximum atomic E-state index is 13.7. The van der Waals surface area contributed by atoms with E-state index in [-0.39, 0.29) is 44.2 Å². The number of thiazole rings is 1. The lowest BCUT2D eigenvalue weighted by Gasteiger charge is -2.27. The minimum absolute atomic E-state index is 0.0487. The number of alkyl carbamates (subject to hydrolysis) is 1. The normalized spacial score (nSPS) is 13.7. The molecule has 4 amide bonds. The van der Waals surface area contributed by atoms with Crippen molar-refractivity contribution in [3.05, 3.63) is 100 Å². The highest BCUT2D eigenvalue weighted by atomic mass is 127. The molecule has 4 N–H and O–H groups in total. The van der Waals surface area contributed by atoms with E-state index in [0.29, 0.717) is 25.7 Å².